The van der Waals surface area contributed by atoms with Gasteiger partial charge in [0, 0.05) is 12.1 Å². The number of likely N-dealkylation sites (N-methyl/N-ethyl adjacent to an activating group) is 2. The van der Waals surface area contributed by atoms with Crippen LogP contribution in [0.2, 0.25) is 0 Å². The number of ether oxygens (including phenoxy) is 4. The Labute approximate surface area is 217 Å². The Kier molecular flexibility index (Phi) is 10.6. The largest absolute Gasteiger partial charge is 0.466 e. The molecule has 2 heterocycles. The third kappa shape index (κ3) is 7.16. The number of carbonyl (C=O) groups is 1. The molecule has 0 aromatic carbocycles. The van der Waals surface area contributed by atoms with E-state index in [2.05, 4.69) is 16.0 Å². The second-order valence-corrected chi connectivity index (χ2v) is 10.1. The van der Waals surface area contributed by atoms with Gasteiger partial charge >= 0.3 is 0 Å². The molecule has 14 nitrogen and oxygen atoms in total. The first-order valence-corrected chi connectivity index (χ1v) is 12.8. The molecule has 11 unspecified atom stereocenters. The monoisotopic (exact) mass is 532 g/mol. The fourth-order valence-corrected chi connectivity index (χ4v) is 5.10. The number of aliphatic hydroxyl groups is 3. The van der Waals surface area contributed by atoms with Gasteiger partial charge in [-0.25, -0.2) is 0 Å². The van der Waals surface area contributed by atoms with Crippen molar-refractivity contribution in [2.24, 2.45) is 17.2 Å². The van der Waals surface area contributed by atoms with E-state index in [1.807, 2.05) is 6.92 Å². The van der Waals surface area contributed by atoms with Gasteiger partial charge in [-0.3, -0.25) is 4.79 Å². The number of amides is 1. The first-order chi connectivity index (χ1) is 17.5. The molecular weight excluding hydrogens is 488 g/mol. The van der Waals surface area contributed by atoms with Gasteiger partial charge in [0.2, 0.25) is 12.2 Å². The summed E-state index contributed by atoms with van der Waals surface area (Å²) in [5, 5.41) is 41.6. The van der Waals surface area contributed by atoms with E-state index in [0.717, 1.165) is 0 Å². The molecule has 2 aliphatic heterocycles. The Morgan fingerprint density at radius 1 is 1.19 bits per heavy atom. The zero-order chi connectivity index (χ0) is 27.3. The summed E-state index contributed by atoms with van der Waals surface area (Å²) in [6.07, 6.45) is -3.62. The first-order valence-electron chi connectivity index (χ1n) is 12.8. The van der Waals surface area contributed by atoms with E-state index < -0.39 is 60.7 Å². The smallest absolute Gasteiger partial charge is 0.234 e. The van der Waals surface area contributed by atoms with Crippen LogP contribution in [0.25, 0.3) is 0 Å². The molecule has 14 heteroatoms. The Hall–Kier alpha value is -1.43. The van der Waals surface area contributed by atoms with E-state index in [4.69, 9.17) is 36.1 Å². The van der Waals surface area contributed by atoms with Gasteiger partial charge in [-0.1, -0.05) is 6.92 Å². The van der Waals surface area contributed by atoms with E-state index in [0.29, 0.717) is 25.1 Å². The van der Waals surface area contributed by atoms with Crippen molar-refractivity contribution in [3.8, 4) is 0 Å². The highest BCUT2D eigenvalue weighted by molar-refractivity contribution is 5.77. The highest BCUT2D eigenvalue weighted by Crippen LogP contribution is 2.31. The molecule has 3 rings (SSSR count). The second-order valence-electron chi connectivity index (χ2n) is 10.1. The van der Waals surface area contributed by atoms with Crippen LogP contribution in [0.1, 0.15) is 26.7 Å². The maximum atomic E-state index is 11.5. The van der Waals surface area contributed by atoms with Crippen LogP contribution in [-0.4, -0.2) is 121 Å². The molecule has 37 heavy (non-hydrogen) atoms. The second kappa shape index (κ2) is 13.1. The van der Waals surface area contributed by atoms with Crippen molar-refractivity contribution in [1.29, 1.82) is 0 Å². The lowest BCUT2D eigenvalue weighted by Gasteiger charge is -2.49. The zero-order valence-corrected chi connectivity index (χ0v) is 21.7. The van der Waals surface area contributed by atoms with Gasteiger partial charge in [0.15, 0.2) is 6.29 Å². The Balaban J connectivity index is 1.71. The highest BCUT2D eigenvalue weighted by atomic mass is 16.7. The van der Waals surface area contributed by atoms with Crippen LogP contribution in [0.5, 0.6) is 0 Å². The number of hydrogen-bond acceptors (Lipinski definition) is 13. The SMILES string of the molecule is CCNC1CC(N)C(OC2OC(CNC(=O)CN)=CCC2N)C(O)C1OC1OCC(C)(O)C(NC)C1O. The lowest BCUT2D eigenvalue weighted by atomic mass is 9.83. The van der Waals surface area contributed by atoms with Crippen LogP contribution in [0.4, 0.5) is 0 Å². The number of nitrogens with one attached hydrogen (secondary N) is 3. The standard InChI is InChI=1S/C23H44N6O8/c1-4-28-14-7-13(26)18(36-21-12(25)6-5-11(35-21)9-29-15(30)8-24)16(31)19(14)37-22-17(32)20(27-3)23(2,33)10-34-22/h5,12-14,16-22,27-28,31-33H,4,6-10,24-26H2,1-3H3,(H,29,30). The normalized spacial score (nSPS) is 42.6. The van der Waals surface area contributed by atoms with E-state index in [9.17, 15) is 20.1 Å². The molecular formula is C23H44N6O8. The molecule has 214 valence electrons. The van der Waals surface area contributed by atoms with Gasteiger partial charge in [-0.2, -0.15) is 0 Å². The fourth-order valence-electron chi connectivity index (χ4n) is 5.10. The fraction of sp³-hybridized carbons (Fsp3) is 0.870. The zero-order valence-electron chi connectivity index (χ0n) is 21.7. The van der Waals surface area contributed by atoms with E-state index in [1.54, 1.807) is 20.0 Å². The lowest BCUT2D eigenvalue weighted by molar-refractivity contribution is -0.304. The van der Waals surface area contributed by atoms with Gasteiger partial charge < -0.3 is 67.4 Å². The van der Waals surface area contributed by atoms with Gasteiger partial charge in [-0.05, 0) is 39.4 Å². The maximum Gasteiger partial charge on any atom is 0.234 e. The summed E-state index contributed by atoms with van der Waals surface area (Å²) in [6, 6.07) is -2.17. The lowest BCUT2D eigenvalue weighted by Crippen LogP contribution is -2.69. The minimum Gasteiger partial charge on any atom is -0.466 e. The summed E-state index contributed by atoms with van der Waals surface area (Å²) < 4.78 is 23.7. The van der Waals surface area contributed by atoms with Gasteiger partial charge in [0.1, 0.15) is 35.8 Å². The van der Waals surface area contributed by atoms with Crippen molar-refractivity contribution in [2.45, 2.75) is 93.5 Å². The van der Waals surface area contributed by atoms with Crippen molar-refractivity contribution >= 4 is 5.91 Å². The molecule has 2 fully saturated rings. The van der Waals surface area contributed by atoms with E-state index in [-0.39, 0.29) is 31.6 Å². The van der Waals surface area contributed by atoms with Crippen LogP contribution in [-0.2, 0) is 23.7 Å². The Morgan fingerprint density at radius 2 is 1.89 bits per heavy atom. The van der Waals surface area contributed by atoms with E-state index >= 15 is 0 Å². The first kappa shape index (κ1) is 30.1. The summed E-state index contributed by atoms with van der Waals surface area (Å²) in [5.74, 6) is 0.139. The molecule has 0 aromatic rings. The predicted octanol–water partition coefficient (Wildman–Crippen LogP) is -4.08. The topological polar surface area (TPSA) is 229 Å². The molecule has 1 saturated heterocycles. The van der Waals surface area contributed by atoms with Crippen molar-refractivity contribution in [1.82, 2.24) is 16.0 Å². The maximum absolute atomic E-state index is 11.5. The predicted molar refractivity (Wildman–Crippen MR) is 133 cm³/mol. The molecule has 1 aliphatic carbocycles. The molecule has 12 N–H and O–H groups in total. The summed E-state index contributed by atoms with van der Waals surface area (Å²) in [4.78, 5) is 11.5. The van der Waals surface area contributed by atoms with Crippen molar-refractivity contribution in [2.75, 3.05) is 33.3 Å². The summed E-state index contributed by atoms with van der Waals surface area (Å²) in [5.41, 5.74) is 16.6. The number of nitrogens with two attached hydrogens (primary N) is 3. The average Bonchev–Trinajstić information content (AvgIpc) is 2.85. The van der Waals surface area contributed by atoms with Crippen LogP contribution >= 0.6 is 0 Å². The van der Waals surface area contributed by atoms with Crippen molar-refractivity contribution < 1.29 is 39.1 Å². The van der Waals surface area contributed by atoms with Crippen LogP contribution in [0.15, 0.2) is 11.8 Å². The summed E-state index contributed by atoms with van der Waals surface area (Å²) >= 11 is 0. The molecule has 1 saturated carbocycles. The molecule has 3 aliphatic rings. The summed E-state index contributed by atoms with van der Waals surface area (Å²) in [7, 11) is 1.63. The number of rotatable bonds is 10. The number of hydrogen-bond donors (Lipinski definition) is 9. The Bertz CT molecular complexity index is 788. The van der Waals surface area contributed by atoms with Gasteiger partial charge in [0.05, 0.1) is 31.8 Å². The van der Waals surface area contributed by atoms with Crippen LogP contribution in [0.3, 0.4) is 0 Å². The van der Waals surface area contributed by atoms with E-state index in [1.165, 1.54) is 0 Å². The minimum atomic E-state index is -1.31. The van der Waals surface area contributed by atoms with Crippen LogP contribution in [0, 0.1) is 0 Å². The summed E-state index contributed by atoms with van der Waals surface area (Å²) in [6.45, 7) is 3.99. The van der Waals surface area contributed by atoms with Gasteiger partial charge in [-0.15, -0.1) is 0 Å². The minimum absolute atomic E-state index is 0.0745. The average molecular weight is 533 g/mol. The van der Waals surface area contributed by atoms with Crippen LogP contribution < -0.4 is 33.2 Å². The van der Waals surface area contributed by atoms with Gasteiger partial charge in [0.25, 0.3) is 0 Å². The third-order valence-electron chi connectivity index (χ3n) is 7.09. The molecule has 1 amide bonds. The third-order valence-corrected chi connectivity index (χ3v) is 7.09. The number of aliphatic hydroxyl groups excluding tert-OH is 2. The molecule has 0 bridgehead atoms. The molecule has 11 atom stereocenters. The Morgan fingerprint density at radius 3 is 2.54 bits per heavy atom. The molecule has 0 radical (unpaired) electrons. The van der Waals surface area contributed by atoms with Crippen molar-refractivity contribution in [3.63, 3.8) is 0 Å². The number of carbonyl (C=O) groups excluding carboxylic acids is 1. The molecule has 0 spiro atoms. The van der Waals surface area contributed by atoms with Crippen molar-refractivity contribution in [3.05, 3.63) is 11.8 Å². The quantitative estimate of drug-likeness (QED) is 0.130. The highest BCUT2D eigenvalue weighted by Gasteiger charge is 2.51. The molecule has 0 aromatic heterocycles.